The molecule has 1 aromatic carbocycles. The van der Waals surface area contributed by atoms with Crippen molar-refractivity contribution in [2.75, 3.05) is 30.8 Å². The van der Waals surface area contributed by atoms with E-state index in [2.05, 4.69) is 25.0 Å². The second-order valence-corrected chi connectivity index (χ2v) is 7.37. The van der Waals surface area contributed by atoms with Crippen LogP contribution in [-0.4, -0.2) is 47.2 Å². The van der Waals surface area contributed by atoms with Gasteiger partial charge in [0.15, 0.2) is 5.82 Å². The first-order valence-electron chi connectivity index (χ1n) is 9.84. The van der Waals surface area contributed by atoms with Gasteiger partial charge in [0.2, 0.25) is 5.89 Å². The van der Waals surface area contributed by atoms with E-state index >= 15 is 0 Å². The lowest BCUT2D eigenvalue weighted by molar-refractivity contribution is 0.326. The molecule has 0 bridgehead atoms. The Labute approximate surface area is 180 Å². The highest BCUT2D eigenvalue weighted by atomic mass is 16.5. The van der Waals surface area contributed by atoms with E-state index in [-0.39, 0.29) is 5.92 Å². The fraction of sp³-hybridized carbons (Fsp3) is 0.227. The molecule has 0 atom stereocenters. The molecular formula is C22H24N8O. The number of anilines is 2. The smallest absolute Gasteiger partial charge is 0.233 e. The van der Waals surface area contributed by atoms with Gasteiger partial charge in [0.05, 0.1) is 11.6 Å². The van der Waals surface area contributed by atoms with Crippen LogP contribution in [0.1, 0.15) is 34.3 Å². The molecule has 31 heavy (non-hydrogen) atoms. The number of aryl methyl sites for hydroxylation is 1. The molecule has 0 aliphatic carbocycles. The van der Waals surface area contributed by atoms with Crippen LogP contribution >= 0.6 is 0 Å². The third kappa shape index (κ3) is 4.02. The maximum Gasteiger partial charge on any atom is 0.233 e. The van der Waals surface area contributed by atoms with Gasteiger partial charge in [-0.15, -0.1) is 0 Å². The van der Waals surface area contributed by atoms with Gasteiger partial charge < -0.3 is 20.9 Å². The number of nitrogen functional groups attached to an aromatic ring is 1. The number of allylic oxidation sites excluding steroid dienone is 1. The molecule has 1 aliphatic rings. The van der Waals surface area contributed by atoms with Gasteiger partial charge >= 0.3 is 0 Å². The van der Waals surface area contributed by atoms with Crippen molar-refractivity contribution in [2.45, 2.75) is 12.8 Å². The number of nitrogens with zero attached hydrogens (tertiary/aromatic N) is 5. The van der Waals surface area contributed by atoms with Crippen molar-refractivity contribution in [3.8, 4) is 0 Å². The molecule has 9 nitrogen and oxygen atoms in total. The Balaban J connectivity index is 1.55. The van der Waals surface area contributed by atoms with E-state index in [4.69, 9.17) is 21.4 Å². The van der Waals surface area contributed by atoms with Crippen LogP contribution in [0, 0.1) is 12.3 Å². The number of rotatable bonds is 6. The van der Waals surface area contributed by atoms with Crippen LogP contribution in [0.25, 0.3) is 5.57 Å². The number of aromatic nitrogens is 3. The van der Waals surface area contributed by atoms with Gasteiger partial charge in [-0.1, -0.05) is 11.2 Å². The maximum absolute atomic E-state index is 8.75. The minimum Gasteiger partial charge on any atom is -0.404 e. The normalized spacial score (nSPS) is 14.8. The summed E-state index contributed by atoms with van der Waals surface area (Å²) in [6.07, 6.45) is 4.87. The molecular weight excluding hydrogens is 392 g/mol. The predicted molar refractivity (Wildman–Crippen MR) is 122 cm³/mol. The molecule has 5 N–H and O–H groups in total. The Hall–Kier alpha value is -4.01. The predicted octanol–water partition coefficient (Wildman–Crippen LogP) is 2.38. The zero-order valence-corrected chi connectivity index (χ0v) is 17.4. The molecule has 0 saturated carbocycles. The van der Waals surface area contributed by atoms with Gasteiger partial charge in [0.25, 0.3) is 0 Å². The molecule has 1 aliphatic heterocycles. The number of nitrogens with one attached hydrogen (secondary N) is 1. The van der Waals surface area contributed by atoms with Gasteiger partial charge in [0, 0.05) is 61.1 Å². The molecule has 1 saturated heterocycles. The molecule has 158 valence electrons. The minimum absolute atomic E-state index is 0.195. The van der Waals surface area contributed by atoms with Gasteiger partial charge in [-0.05, 0) is 36.8 Å². The first-order valence-corrected chi connectivity index (χ1v) is 9.84. The Bertz CT molecular complexity index is 1170. The highest BCUT2D eigenvalue weighted by molar-refractivity contribution is 6.16. The van der Waals surface area contributed by atoms with E-state index in [0.29, 0.717) is 28.7 Å². The van der Waals surface area contributed by atoms with E-state index in [9.17, 15) is 0 Å². The van der Waals surface area contributed by atoms with Crippen LogP contribution in [-0.2, 0) is 0 Å². The zero-order valence-electron chi connectivity index (χ0n) is 17.4. The van der Waals surface area contributed by atoms with E-state index in [1.807, 2.05) is 31.2 Å². The van der Waals surface area contributed by atoms with Crippen molar-refractivity contribution in [3.63, 3.8) is 0 Å². The Morgan fingerprint density at radius 3 is 2.74 bits per heavy atom. The van der Waals surface area contributed by atoms with Gasteiger partial charge in [-0.2, -0.15) is 4.98 Å². The quantitative estimate of drug-likeness (QED) is 0.413. The van der Waals surface area contributed by atoms with E-state index in [0.717, 1.165) is 35.6 Å². The molecule has 9 heteroatoms. The number of pyridine rings is 1. The molecule has 2 aromatic heterocycles. The summed E-state index contributed by atoms with van der Waals surface area (Å²) in [5.41, 5.74) is 15.7. The molecule has 0 amide bonds. The van der Waals surface area contributed by atoms with Gasteiger partial charge in [0.1, 0.15) is 5.82 Å². The average molecular weight is 416 g/mol. The number of nitrogens with two attached hydrogens (primary N) is 2. The highest BCUT2D eigenvalue weighted by Gasteiger charge is 2.33. The average Bonchev–Trinajstić information content (AvgIpc) is 3.17. The van der Waals surface area contributed by atoms with Crippen LogP contribution in [0.5, 0.6) is 0 Å². The number of hydrogen-bond donors (Lipinski definition) is 3. The molecule has 4 rings (SSSR count). The summed E-state index contributed by atoms with van der Waals surface area (Å²) in [6, 6.07) is 9.21. The Kier molecular flexibility index (Phi) is 5.48. The largest absolute Gasteiger partial charge is 0.404 e. The minimum atomic E-state index is 0.195. The Morgan fingerprint density at radius 1 is 1.26 bits per heavy atom. The maximum atomic E-state index is 8.75. The first-order chi connectivity index (χ1) is 15.0. The van der Waals surface area contributed by atoms with Crippen LogP contribution in [0.15, 0.2) is 52.2 Å². The molecule has 0 spiro atoms. The highest BCUT2D eigenvalue weighted by Crippen LogP contribution is 2.30. The summed E-state index contributed by atoms with van der Waals surface area (Å²) in [6.45, 7) is 3.29. The molecule has 0 radical (unpaired) electrons. The first kappa shape index (κ1) is 20.3. The monoisotopic (exact) mass is 416 g/mol. The van der Waals surface area contributed by atoms with Crippen molar-refractivity contribution in [1.82, 2.24) is 15.1 Å². The lowest BCUT2D eigenvalue weighted by Crippen LogP contribution is -2.45. The van der Waals surface area contributed by atoms with Crippen molar-refractivity contribution < 1.29 is 4.52 Å². The number of benzene rings is 1. The van der Waals surface area contributed by atoms with E-state index in [1.54, 1.807) is 25.5 Å². The summed E-state index contributed by atoms with van der Waals surface area (Å²) in [5.74, 6) is 2.28. The molecule has 1 fully saturated rings. The SMILES string of the molecule is CN=CC(=CN)c1ccc(N)c(C(=N)c2ccnc(N3CC(c4nc(C)no4)C3)c2)c1. The van der Waals surface area contributed by atoms with Crippen molar-refractivity contribution >= 4 is 29.0 Å². The van der Waals surface area contributed by atoms with Crippen LogP contribution in [0.4, 0.5) is 11.5 Å². The fourth-order valence-electron chi connectivity index (χ4n) is 3.51. The lowest BCUT2D eigenvalue weighted by Gasteiger charge is -2.38. The number of hydrogen-bond acceptors (Lipinski definition) is 9. The van der Waals surface area contributed by atoms with Crippen molar-refractivity contribution in [1.29, 1.82) is 5.41 Å². The van der Waals surface area contributed by atoms with Crippen molar-refractivity contribution in [2.24, 2.45) is 10.7 Å². The molecule has 0 unspecified atom stereocenters. The fourth-order valence-corrected chi connectivity index (χ4v) is 3.51. The third-order valence-corrected chi connectivity index (χ3v) is 5.24. The summed E-state index contributed by atoms with van der Waals surface area (Å²) >= 11 is 0. The summed E-state index contributed by atoms with van der Waals surface area (Å²) in [7, 11) is 1.68. The topological polar surface area (TPSA) is 143 Å². The van der Waals surface area contributed by atoms with Crippen LogP contribution in [0.3, 0.4) is 0 Å². The standard InChI is InChI=1S/C22H24N8O/c1-13-28-22(31-29-13)17-11-30(12-17)20-8-15(5-6-27-20)21(25)18-7-14(3-4-19(18)24)16(9-23)10-26-2/h3-10,17,25H,11-12,23-24H2,1-2H3. The molecule has 3 heterocycles. The van der Waals surface area contributed by atoms with Gasteiger partial charge in [-0.25, -0.2) is 4.98 Å². The summed E-state index contributed by atoms with van der Waals surface area (Å²) in [5, 5.41) is 12.6. The second kappa shape index (κ2) is 8.39. The number of aliphatic imine (C=N–C) groups is 1. The van der Waals surface area contributed by atoms with E-state index in [1.165, 1.54) is 6.20 Å². The summed E-state index contributed by atoms with van der Waals surface area (Å²) < 4.78 is 5.26. The molecule has 3 aromatic rings. The van der Waals surface area contributed by atoms with E-state index < -0.39 is 0 Å². The van der Waals surface area contributed by atoms with Gasteiger partial charge in [-0.3, -0.25) is 10.4 Å². The second-order valence-electron chi connectivity index (χ2n) is 7.37. The summed E-state index contributed by atoms with van der Waals surface area (Å²) in [4.78, 5) is 14.9. The zero-order chi connectivity index (χ0) is 22.0. The third-order valence-electron chi connectivity index (χ3n) is 5.24. The Morgan fingerprint density at radius 2 is 2.06 bits per heavy atom. The van der Waals surface area contributed by atoms with Crippen LogP contribution < -0.4 is 16.4 Å². The lowest BCUT2D eigenvalue weighted by atomic mass is 9.96. The van der Waals surface area contributed by atoms with Crippen LogP contribution in [0.2, 0.25) is 0 Å². The van der Waals surface area contributed by atoms with Crippen molar-refractivity contribution in [3.05, 3.63) is 71.1 Å².